The number of rotatable bonds is 49. The van der Waals surface area contributed by atoms with E-state index in [0.717, 1.165) is 69.6 Å². The maximum Gasteiger partial charge on any atom is 0.306 e. The quantitative estimate of drug-likeness (QED) is 0.0344. The van der Waals surface area contributed by atoms with Crippen LogP contribution in [0.4, 0.5) is 0 Å². The SMILES string of the molecule is CCCCCCCCCCCCCCC(=O)OC[C@@H](COC(=O)CCCCCCCCCCCCC(C)C)OC(=O)CCCCCCCCCCCCCCCCC(C)CC. The van der Waals surface area contributed by atoms with Gasteiger partial charge in [0, 0.05) is 19.3 Å². The highest BCUT2D eigenvalue weighted by Gasteiger charge is 2.19. The van der Waals surface area contributed by atoms with Crippen LogP contribution in [0, 0.1) is 11.8 Å². The molecule has 0 heterocycles. The molecule has 0 spiro atoms. The summed E-state index contributed by atoms with van der Waals surface area (Å²) >= 11 is 0. The van der Waals surface area contributed by atoms with E-state index < -0.39 is 6.10 Å². The molecule has 0 radical (unpaired) electrons. The number of esters is 3. The van der Waals surface area contributed by atoms with E-state index in [0.29, 0.717) is 19.3 Å². The van der Waals surface area contributed by atoms with Crippen molar-refractivity contribution in [1.29, 1.82) is 0 Å². The summed E-state index contributed by atoms with van der Waals surface area (Å²) < 4.78 is 16.8. The molecule has 362 valence electrons. The topological polar surface area (TPSA) is 78.9 Å². The normalized spacial score (nSPS) is 12.5. The average Bonchev–Trinajstić information content (AvgIpc) is 3.24. The summed E-state index contributed by atoms with van der Waals surface area (Å²) in [6, 6.07) is 0. The third kappa shape index (κ3) is 47.7. The molecule has 0 N–H and O–H groups in total. The second kappa shape index (κ2) is 47.9. The second-order valence-corrected chi connectivity index (χ2v) is 19.6. The molecule has 0 rings (SSSR count). The summed E-state index contributed by atoms with van der Waals surface area (Å²) in [6.45, 7) is 11.4. The average molecular weight is 863 g/mol. The van der Waals surface area contributed by atoms with E-state index in [1.165, 1.54) is 193 Å². The fourth-order valence-electron chi connectivity index (χ4n) is 8.31. The van der Waals surface area contributed by atoms with Crippen LogP contribution in [0.15, 0.2) is 0 Å². The van der Waals surface area contributed by atoms with E-state index in [2.05, 4.69) is 34.6 Å². The summed E-state index contributed by atoms with van der Waals surface area (Å²) in [5.41, 5.74) is 0. The van der Waals surface area contributed by atoms with Gasteiger partial charge in [0.1, 0.15) is 13.2 Å². The van der Waals surface area contributed by atoms with Gasteiger partial charge in [0.05, 0.1) is 0 Å². The van der Waals surface area contributed by atoms with Crippen molar-refractivity contribution in [2.75, 3.05) is 13.2 Å². The number of carbonyl (C=O) groups is 3. The van der Waals surface area contributed by atoms with Gasteiger partial charge in [-0.3, -0.25) is 14.4 Å². The Morgan fingerprint density at radius 2 is 0.623 bits per heavy atom. The first-order chi connectivity index (χ1) is 29.8. The highest BCUT2D eigenvalue weighted by molar-refractivity contribution is 5.71. The summed E-state index contributed by atoms with van der Waals surface area (Å²) in [7, 11) is 0. The summed E-state index contributed by atoms with van der Waals surface area (Å²) in [5.74, 6) is 0.868. The van der Waals surface area contributed by atoms with Crippen molar-refractivity contribution in [3.05, 3.63) is 0 Å². The van der Waals surface area contributed by atoms with Crippen LogP contribution in [0.5, 0.6) is 0 Å². The van der Waals surface area contributed by atoms with Crippen LogP contribution in [-0.4, -0.2) is 37.2 Å². The molecule has 0 aliphatic rings. The predicted octanol–water partition coefficient (Wildman–Crippen LogP) is 17.7. The standard InChI is InChI=1S/C55H106O6/c1-6-8-9-10-11-12-13-19-25-30-35-40-45-53(56)59-48-52(49-60-54(57)46-41-36-31-26-22-21-23-28-33-38-43-50(3)4)61-55(58)47-42-37-32-27-20-17-15-14-16-18-24-29-34-39-44-51(5)7-2/h50-52H,6-49H2,1-5H3/t51?,52-/m0/s1. The zero-order valence-corrected chi connectivity index (χ0v) is 41.8. The van der Waals surface area contributed by atoms with Gasteiger partial charge in [-0.15, -0.1) is 0 Å². The number of carbonyl (C=O) groups excluding carboxylic acids is 3. The summed E-state index contributed by atoms with van der Waals surface area (Å²) in [4.78, 5) is 38.0. The fourth-order valence-corrected chi connectivity index (χ4v) is 8.31. The van der Waals surface area contributed by atoms with Crippen molar-refractivity contribution >= 4 is 17.9 Å². The molecule has 0 bridgehead atoms. The van der Waals surface area contributed by atoms with Crippen LogP contribution < -0.4 is 0 Å². The minimum atomic E-state index is -0.762. The molecule has 0 saturated carbocycles. The van der Waals surface area contributed by atoms with Crippen molar-refractivity contribution in [2.24, 2.45) is 11.8 Å². The molecule has 61 heavy (non-hydrogen) atoms. The van der Waals surface area contributed by atoms with Crippen molar-refractivity contribution in [3.8, 4) is 0 Å². The molecular weight excluding hydrogens is 757 g/mol. The van der Waals surface area contributed by atoms with Gasteiger partial charge < -0.3 is 14.2 Å². The van der Waals surface area contributed by atoms with Crippen LogP contribution in [0.3, 0.4) is 0 Å². The Kier molecular flexibility index (Phi) is 46.6. The monoisotopic (exact) mass is 863 g/mol. The van der Waals surface area contributed by atoms with Gasteiger partial charge in [-0.1, -0.05) is 266 Å². The van der Waals surface area contributed by atoms with Gasteiger partial charge in [-0.2, -0.15) is 0 Å². The third-order valence-corrected chi connectivity index (χ3v) is 12.8. The maximum absolute atomic E-state index is 12.8. The van der Waals surface area contributed by atoms with Gasteiger partial charge in [0.15, 0.2) is 6.10 Å². The first kappa shape index (κ1) is 59.4. The molecule has 0 aliphatic heterocycles. The molecule has 0 aliphatic carbocycles. The molecule has 0 aromatic rings. The zero-order chi connectivity index (χ0) is 44.7. The van der Waals surface area contributed by atoms with E-state index in [9.17, 15) is 14.4 Å². The number of unbranched alkanes of at least 4 members (excludes halogenated alkanes) is 33. The predicted molar refractivity (Wildman–Crippen MR) is 261 cm³/mol. The van der Waals surface area contributed by atoms with Crippen LogP contribution >= 0.6 is 0 Å². The lowest BCUT2D eigenvalue weighted by Gasteiger charge is -2.18. The molecular formula is C55H106O6. The van der Waals surface area contributed by atoms with Crippen molar-refractivity contribution in [3.63, 3.8) is 0 Å². The van der Waals surface area contributed by atoms with Crippen LogP contribution in [0.25, 0.3) is 0 Å². The molecule has 0 saturated heterocycles. The third-order valence-electron chi connectivity index (χ3n) is 12.8. The number of hydrogen-bond donors (Lipinski definition) is 0. The Morgan fingerprint density at radius 1 is 0.344 bits per heavy atom. The molecule has 0 amide bonds. The molecule has 2 atom stereocenters. The van der Waals surface area contributed by atoms with E-state index in [1.54, 1.807) is 0 Å². The van der Waals surface area contributed by atoms with E-state index >= 15 is 0 Å². The molecule has 6 nitrogen and oxygen atoms in total. The van der Waals surface area contributed by atoms with E-state index in [4.69, 9.17) is 14.2 Å². The Bertz CT molecular complexity index is 933. The highest BCUT2D eigenvalue weighted by Crippen LogP contribution is 2.18. The lowest BCUT2D eigenvalue weighted by atomic mass is 9.99. The minimum Gasteiger partial charge on any atom is -0.462 e. The fraction of sp³-hybridized carbons (Fsp3) is 0.945. The van der Waals surface area contributed by atoms with E-state index in [-0.39, 0.29) is 31.1 Å². The second-order valence-electron chi connectivity index (χ2n) is 19.6. The Morgan fingerprint density at radius 3 is 0.934 bits per heavy atom. The van der Waals surface area contributed by atoms with Crippen molar-refractivity contribution in [1.82, 2.24) is 0 Å². The van der Waals surface area contributed by atoms with Crippen molar-refractivity contribution < 1.29 is 28.6 Å². The van der Waals surface area contributed by atoms with Crippen molar-refractivity contribution in [2.45, 2.75) is 310 Å². The highest BCUT2D eigenvalue weighted by atomic mass is 16.6. The maximum atomic E-state index is 12.8. The number of ether oxygens (including phenoxy) is 3. The van der Waals surface area contributed by atoms with E-state index in [1.807, 2.05) is 0 Å². The largest absolute Gasteiger partial charge is 0.462 e. The Balaban J connectivity index is 4.30. The van der Waals surface area contributed by atoms with Gasteiger partial charge in [0.2, 0.25) is 0 Å². The lowest BCUT2D eigenvalue weighted by Crippen LogP contribution is -2.30. The first-order valence-electron chi connectivity index (χ1n) is 27.3. The zero-order valence-electron chi connectivity index (χ0n) is 41.8. The van der Waals surface area contributed by atoms with Gasteiger partial charge in [-0.25, -0.2) is 0 Å². The Hall–Kier alpha value is -1.59. The molecule has 0 aromatic heterocycles. The summed E-state index contributed by atoms with van der Waals surface area (Å²) in [6.07, 6.45) is 49.4. The van der Waals surface area contributed by atoms with Gasteiger partial charge in [0.25, 0.3) is 0 Å². The van der Waals surface area contributed by atoms with Gasteiger partial charge >= 0.3 is 17.9 Å². The smallest absolute Gasteiger partial charge is 0.306 e. The Labute approximate surface area is 380 Å². The molecule has 1 unspecified atom stereocenters. The van der Waals surface area contributed by atoms with Crippen LogP contribution in [-0.2, 0) is 28.6 Å². The minimum absolute atomic E-state index is 0.0633. The first-order valence-corrected chi connectivity index (χ1v) is 27.3. The molecule has 6 heteroatoms. The van der Waals surface area contributed by atoms with Crippen LogP contribution in [0.1, 0.15) is 304 Å². The van der Waals surface area contributed by atoms with Crippen LogP contribution in [0.2, 0.25) is 0 Å². The number of hydrogen-bond acceptors (Lipinski definition) is 6. The lowest BCUT2D eigenvalue weighted by molar-refractivity contribution is -0.167. The summed E-state index contributed by atoms with van der Waals surface area (Å²) in [5, 5.41) is 0. The van der Waals surface area contributed by atoms with Gasteiger partial charge in [-0.05, 0) is 31.1 Å². The molecule has 0 aromatic carbocycles. The molecule has 0 fully saturated rings.